The number of urea groups is 1. The molecule has 108 valence electrons. The van der Waals surface area contributed by atoms with Gasteiger partial charge in [-0.3, -0.25) is 4.79 Å². The van der Waals surface area contributed by atoms with Crippen molar-refractivity contribution in [3.8, 4) is 0 Å². The summed E-state index contributed by atoms with van der Waals surface area (Å²) in [4.78, 5) is 35.9. The molecule has 1 rings (SSSR count). The Labute approximate surface area is 112 Å². The van der Waals surface area contributed by atoms with Crippen molar-refractivity contribution in [1.29, 1.82) is 0 Å². The van der Waals surface area contributed by atoms with Crippen LogP contribution < -0.4 is 10.6 Å². The molecule has 0 aromatic heterocycles. The number of carbonyl (C=O) groups is 3. The molecule has 0 aliphatic carbocycles. The maximum atomic E-state index is 12.1. The number of aliphatic carboxylic acids is 1. The van der Waals surface area contributed by atoms with Crippen LogP contribution in [0.25, 0.3) is 0 Å². The molecule has 0 radical (unpaired) electrons. The summed E-state index contributed by atoms with van der Waals surface area (Å²) in [5.41, 5.74) is 0. The van der Waals surface area contributed by atoms with Gasteiger partial charge in [-0.15, -0.1) is 0 Å². The van der Waals surface area contributed by atoms with Gasteiger partial charge in [-0.25, -0.2) is 9.59 Å². The monoisotopic (exact) mass is 271 g/mol. The predicted octanol–water partition coefficient (Wildman–Crippen LogP) is 0.160. The topological polar surface area (TPSA) is 98.7 Å². The highest BCUT2D eigenvalue weighted by atomic mass is 16.4. The first-order valence-corrected chi connectivity index (χ1v) is 6.49. The Bertz CT molecular complexity index is 359. The lowest BCUT2D eigenvalue weighted by Crippen LogP contribution is -2.53. The summed E-state index contributed by atoms with van der Waals surface area (Å²) < 4.78 is 0. The first-order chi connectivity index (χ1) is 8.97. The van der Waals surface area contributed by atoms with Crippen LogP contribution in [-0.4, -0.2) is 53.6 Å². The molecule has 19 heavy (non-hydrogen) atoms. The van der Waals surface area contributed by atoms with Crippen LogP contribution in [-0.2, 0) is 9.59 Å². The zero-order valence-electron chi connectivity index (χ0n) is 11.3. The fraction of sp³-hybridized carbons (Fsp3) is 0.750. The summed E-state index contributed by atoms with van der Waals surface area (Å²) in [6.07, 6.45) is 2.95. The number of carboxylic acid groups (broad SMARTS) is 1. The van der Waals surface area contributed by atoms with Crippen LogP contribution in [0.15, 0.2) is 0 Å². The van der Waals surface area contributed by atoms with Crippen LogP contribution in [0, 0.1) is 0 Å². The van der Waals surface area contributed by atoms with E-state index in [0.717, 1.165) is 19.3 Å². The van der Waals surface area contributed by atoms with E-state index in [9.17, 15) is 19.5 Å². The summed E-state index contributed by atoms with van der Waals surface area (Å²) in [6.45, 7) is 1.97. The highest BCUT2D eigenvalue weighted by molar-refractivity contribution is 5.88. The lowest BCUT2D eigenvalue weighted by atomic mass is 10.1. The maximum Gasteiger partial charge on any atom is 0.326 e. The van der Waals surface area contributed by atoms with Gasteiger partial charge in [0.1, 0.15) is 12.1 Å². The number of carbonyl (C=O) groups excluding carboxylic acids is 2. The summed E-state index contributed by atoms with van der Waals surface area (Å²) in [6, 6.07) is -1.99. The van der Waals surface area contributed by atoms with Gasteiger partial charge in [0.15, 0.2) is 0 Å². The van der Waals surface area contributed by atoms with Gasteiger partial charge in [0, 0.05) is 13.6 Å². The molecule has 1 heterocycles. The predicted molar refractivity (Wildman–Crippen MR) is 68.7 cm³/mol. The lowest BCUT2D eigenvalue weighted by Gasteiger charge is -2.28. The molecule has 0 aromatic rings. The van der Waals surface area contributed by atoms with Crippen LogP contribution in [0.5, 0.6) is 0 Å². The summed E-state index contributed by atoms with van der Waals surface area (Å²) >= 11 is 0. The van der Waals surface area contributed by atoms with Crippen molar-refractivity contribution in [2.75, 3.05) is 13.6 Å². The van der Waals surface area contributed by atoms with Crippen molar-refractivity contribution < 1.29 is 19.5 Å². The Morgan fingerprint density at radius 2 is 1.95 bits per heavy atom. The molecule has 3 amide bonds. The third-order valence-electron chi connectivity index (χ3n) is 3.28. The molecule has 1 aliphatic heterocycles. The van der Waals surface area contributed by atoms with Gasteiger partial charge >= 0.3 is 12.0 Å². The van der Waals surface area contributed by atoms with Crippen LogP contribution in [0.3, 0.4) is 0 Å². The minimum Gasteiger partial charge on any atom is -0.480 e. The van der Waals surface area contributed by atoms with E-state index >= 15 is 0 Å². The van der Waals surface area contributed by atoms with Gasteiger partial charge in [0.25, 0.3) is 0 Å². The van der Waals surface area contributed by atoms with Crippen LogP contribution in [0.2, 0.25) is 0 Å². The second-order valence-electron chi connectivity index (χ2n) is 4.68. The Hall–Kier alpha value is -1.79. The van der Waals surface area contributed by atoms with Gasteiger partial charge in [-0.05, 0) is 19.8 Å². The van der Waals surface area contributed by atoms with Gasteiger partial charge in [0.05, 0.1) is 0 Å². The Balaban J connectivity index is 2.70. The van der Waals surface area contributed by atoms with E-state index in [4.69, 9.17) is 0 Å². The normalized spacial score (nSPS) is 21.2. The molecule has 0 spiro atoms. The SMILES string of the molecule is CNC(=O)C(C)NC(=O)N1CCCCCC1C(=O)O. The zero-order chi connectivity index (χ0) is 14.4. The van der Waals surface area contributed by atoms with E-state index < -0.39 is 24.1 Å². The van der Waals surface area contributed by atoms with E-state index in [-0.39, 0.29) is 5.91 Å². The number of nitrogens with zero attached hydrogens (tertiary/aromatic N) is 1. The average Bonchev–Trinajstić information content (AvgIpc) is 2.62. The summed E-state index contributed by atoms with van der Waals surface area (Å²) in [5.74, 6) is -1.31. The molecule has 3 N–H and O–H groups in total. The minimum absolute atomic E-state index is 0.310. The number of carboxylic acids is 1. The Kier molecular flexibility index (Phi) is 5.59. The van der Waals surface area contributed by atoms with Crippen LogP contribution in [0.1, 0.15) is 32.6 Å². The van der Waals surface area contributed by atoms with Gasteiger partial charge < -0.3 is 20.6 Å². The fourth-order valence-electron chi connectivity index (χ4n) is 2.16. The second-order valence-corrected chi connectivity index (χ2v) is 4.68. The molecule has 0 aromatic carbocycles. The van der Waals surface area contributed by atoms with Gasteiger partial charge in [0.2, 0.25) is 5.91 Å². The van der Waals surface area contributed by atoms with Crippen molar-refractivity contribution in [1.82, 2.24) is 15.5 Å². The van der Waals surface area contributed by atoms with E-state index in [0.29, 0.717) is 13.0 Å². The third-order valence-corrected chi connectivity index (χ3v) is 3.28. The molecule has 7 heteroatoms. The van der Waals surface area contributed by atoms with Crippen LogP contribution in [0.4, 0.5) is 4.79 Å². The van der Waals surface area contributed by atoms with E-state index in [1.54, 1.807) is 6.92 Å². The fourth-order valence-corrected chi connectivity index (χ4v) is 2.16. The molecular weight excluding hydrogens is 250 g/mol. The van der Waals surface area contributed by atoms with Crippen molar-refractivity contribution in [3.05, 3.63) is 0 Å². The highest BCUT2D eigenvalue weighted by Crippen LogP contribution is 2.17. The molecule has 1 fully saturated rings. The van der Waals surface area contributed by atoms with Crippen molar-refractivity contribution >= 4 is 17.9 Å². The largest absolute Gasteiger partial charge is 0.480 e. The number of hydrogen-bond donors (Lipinski definition) is 3. The number of likely N-dealkylation sites (tertiary alicyclic amines) is 1. The van der Waals surface area contributed by atoms with Crippen molar-refractivity contribution in [3.63, 3.8) is 0 Å². The smallest absolute Gasteiger partial charge is 0.326 e. The quantitative estimate of drug-likeness (QED) is 0.681. The van der Waals surface area contributed by atoms with Crippen molar-refractivity contribution in [2.24, 2.45) is 0 Å². The van der Waals surface area contributed by atoms with Crippen LogP contribution >= 0.6 is 0 Å². The molecule has 7 nitrogen and oxygen atoms in total. The molecular formula is C12H21N3O4. The van der Waals surface area contributed by atoms with Gasteiger partial charge in [-0.2, -0.15) is 0 Å². The van der Waals surface area contributed by atoms with E-state index in [1.807, 2.05) is 0 Å². The summed E-state index contributed by atoms with van der Waals surface area (Å²) in [7, 11) is 1.48. The minimum atomic E-state index is -0.996. The number of rotatable bonds is 3. The van der Waals surface area contributed by atoms with E-state index in [1.165, 1.54) is 11.9 Å². The Morgan fingerprint density at radius 1 is 1.26 bits per heavy atom. The number of likely N-dealkylation sites (N-methyl/N-ethyl adjacent to an activating group) is 1. The standard InChI is InChI=1S/C12H21N3O4/c1-8(10(16)13-2)14-12(19)15-7-5-3-4-6-9(15)11(17)18/h8-9H,3-7H2,1-2H3,(H,13,16)(H,14,19)(H,17,18). The average molecular weight is 271 g/mol. The summed E-state index contributed by atoms with van der Waals surface area (Å²) in [5, 5.41) is 14.1. The number of nitrogens with one attached hydrogen (secondary N) is 2. The second kappa shape index (κ2) is 6.96. The number of amides is 3. The van der Waals surface area contributed by atoms with E-state index in [2.05, 4.69) is 10.6 Å². The first kappa shape index (κ1) is 15.3. The molecule has 1 saturated heterocycles. The van der Waals surface area contributed by atoms with Crippen molar-refractivity contribution in [2.45, 2.75) is 44.7 Å². The zero-order valence-corrected chi connectivity index (χ0v) is 11.3. The van der Waals surface area contributed by atoms with Gasteiger partial charge in [-0.1, -0.05) is 12.8 Å². The molecule has 0 saturated carbocycles. The molecule has 1 aliphatic rings. The Morgan fingerprint density at radius 3 is 2.53 bits per heavy atom. The lowest BCUT2D eigenvalue weighted by molar-refractivity contribution is -0.142. The first-order valence-electron chi connectivity index (χ1n) is 6.49. The third kappa shape index (κ3) is 4.11. The molecule has 0 bridgehead atoms. The molecule has 2 atom stereocenters. The number of hydrogen-bond acceptors (Lipinski definition) is 3. The highest BCUT2D eigenvalue weighted by Gasteiger charge is 2.31. The maximum absolute atomic E-state index is 12.1. The molecule has 2 unspecified atom stereocenters.